The number of furan rings is 1. The van der Waals surface area contributed by atoms with Crippen molar-refractivity contribution in [3.8, 4) is 0 Å². The fourth-order valence-electron chi connectivity index (χ4n) is 3.53. The van der Waals surface area contributed by atoms with Crippen LogP contribution in [0.4, 0.5) is 0 Å². The van der Waals surface area contributed by atoms with E-state index in [9.17, 15) is 4.79 Å². The molecule has 3 rings (SSSR count). The normalized spacial score (nSPS) is 28.2. The van der Waals surface area contributed by atoms with Crippen molar-refractivity contribution < 1.29 is 14.3 Å². The third-order valence-corrected chi connectivity index (χ3v) is 4.37. The van der Waals surface area contributed by atoms with Gasteiger partial charge in [0.1, 0.15) is 12.0 Å². The molecule has 1 N–H and O–H groups in total. The van der Waals surface area contributed by atoms with Crippen molar-refractivity contribution >= 4 is 5.97 Å². The van der Waals surface area contributed by atoms with Crippen LogP contribution in [-0.2, 0) is 6.54 Å². The van der Waals surface area contributed by atoms with Gasteiger partial charge in [0.25, 0.3) is 0 Å². The molecule has 4 heteroatoms. The van der Waals surface area contributed by atoms with Gasteiger partial charge >= 0.3 is 5.97 Å². The van der Waals surface area contributed by atoms with E-state index in [2.05, 4.69) is 4.90 Å². The number of hydrogen-bond acceptors (Lipinski definition) is 3. The second-order valence-corrected chi connectivity index (χ2v) is 5.48. The topological polar surface area (TPSA) is 53.7 Å². The Morgan fingerprint density at radius 1 is 1.39 bits per heavy atom. The van der Waals surface area contributed by atoms with Crippen LogP contribution in [0, 0.1) is 5.92 Å². The molecule has 2 atom stereocenters. The van der Waals surface area contributed by atoms with Crippen LogP contribution >= 0.6 is 0 Å². The molecule has 98 valence electrons. The van der Waals surface area contributed by atoms with Crippen molar-refractivity contribution in [3.05, 3.63) is 23.7 Å². The van der Waals surface area contributed by atoms with Gasteiger partial charge in [-0.05, 0) is 44.2 Å². The Labute approximate surface area is 107 Å². The molecular formula is C14H19NO3. The van der Waals surface area contributed by atoms with E-state index >= 15 is 0 Å². The number of nitrogens with zero attached hydrogens (tertiary/aromatic N) is 1. The summed E-state index contributed by atoms with van der Waals surface area (Å²) in [5.41, 5.74) is 0.255. The molecule has 2 unspecified atom stereocenters. The lowest BCUT2D eigenvalue weighted by molar-refractivity contribution is 0.0696. The van der Waals surface area contributed by atoms with Crippen molar-refractivity contribution in [2.75, 3.05) is 6.54 Å². The summed E-state index contributed by atoms with van der Waals surface area (Å²) in [5, 5.41) is 8.88. The number of likely N-dealkylation sites (tertiary alicyclic amines) is 1. The van der Waals surface area contributed by atoms with E-state index in [0.717, 1.165) is 24.8 Å². The predicted molar refractivity (Wildman–Crippen MR) is 66.4 cm³/mol. The number of carboxylic acid groups (broad SMARTS) is 1. The third-order valence-electron chi connectivity index (χ3n) is 4.37. The summed E-state index contributed by atoms with van der Waals surface area (Å²) in [4.78, 5) is 13.3. The summed E-state index contributed by atoms with van der Waals surface area (Å²) in [6.45, 7) is 1.87. The Kier molecular flexibility index (Phi) is 3.12. The Bertz CT molecular complexity index is 440. The number of carboxylic acids is 1. The fraction of sp³-hybridized carbons (Fsp3) is 0.643. The molecule has 0 radical (unpaired) electrons. The summed E-state index contributed by atoms with van der Waals surface area (Å²) >= 11 is 0. The van der Waals surface area contributed by atoms with Gasteiger partial charge in [-0.3, -0.25) is 4.90 Å². The number of aromatic carboxylic acids is 1. The Hall–Kier alpha value is -1.29. The van der Waals surface area contributed by atoms with Gasteiger partial charge in [-0.1, -0.05) is 6.42 Å². The first kappa shape index (κ1) is 11.8. The molecule has 1 saturated heterocycles. The van der Waals surface area contributed by atoms with Gasteiger partial charge in [-0.2, -0.15) is 0 Å². The van der Waals surface area contributed by atoms with E-state index < -0.39 is 5.97 Å². The molecule has 0 spiro atoms. The minimum absolute atomic E-state index is 0.255. The molecule has 4 nitrogen and oxygen atoms in total. The summed E-state index contributed by atoms with van der Waals surface area (Å²) in [6, 6.07) is 2.35. The lowest BCUT2D eigenvalue weighted by atomic mass is 9.92. The maximum atomic E-state index is 10.8. The molecule has 0 bridgehead atoms. The second-order valence-electron chi connectivity index (χ2n) is 5.48. The van der Waals surface area contributed by atoms with Crippen LogP contribution in [0.3, 0.4) is 0 Å². The Balaban J connectivity index is 1.69. The highest BCUT2D eigenvalue weighted by atomic mass is 16.4. The van der Waals surface area contributed by atoms with Crippen LogP contribution in [0.15, 0.2) is 16.7 Å². The van der Waals surface area contributed by atoms with Crippen molar-refractivity contribution in [3.63, 3.8) is 0 Å². The average Bonchev–Trinajstić information content (AvgIpc) is 2.97. The van der Waals surface area contributed by atoms with Crippen LogP contribution in [0.5, 0.6) is 0 Å². The van der Waals surface area contributed by atoms with Crippen LogP contribution in [0.1, 0.15) is 48.2 Å². The van der Waals surface area contributed by atoms with Gasteiger partial charge in [0.05, 0.1) is 12.1 Å². The zero-order valence-corrected chi connectivity index (χ0v) is 10.5. The van der Waals surface area contributed by atoms with Crippen molar-refractivity contribution in [2.45, 2.75) is 44.7 Å². The van der Waals surface area contributed by atoms with Crippen LogP contribution in [-0.4, -0.2) is 28.6 Å². The monoisotopic (exact) mass is 249 g/mol. The molecule has 1 aromatic rings. The molecule has 1 aromatic heterocycles. The van der Waals surface area contributed by atoms with E-state index in [1.807, 2.05) is 0 Å². The number of hydrogen-bond donors (Lipinski definition) is 1. The molecule has 0 aromatic carbocycles. The second kappa shape index (κ2) is 4.76. The lowest BCUT2D eigenvalue weighted by Gasteiger charge is -2.37. The lowest BCUT2D eigenvalue weighted by Crippen LogP contribution is -2.41. The maximum Gasteiger partial charge on any atom is 0.338 e. The minimum Gasteiger partial charge on any atom is -0.478 e. The predicted octanol–water partition coefficient (Wildman–Crippen LogP) is 2.74. The third kappa shape index (κ3) is 2.17. The van der Waals surface area contributed by atoms with Crippen LogP contribution in [0.2, 0.25) is 0 Å². The number of rotatable bonds is 3. The first-order valence-electron chi connectivity index (χ1n) is 6.79. The number of fused-ring (bicyclic) bond motifs is 1. The van der Waals surface area contributed by atoms with Crippen molar-refractivity contribution in [1.82, 2.24) is 4.90 Å². The van der Waals surface area contributed by atoms with Crippen LogP contribution < -0.4 is 0 Å². The van der Waals surface area contributed by atoms with Gasteiger partial charge in [0.2, 0.25) is 0 Å². The standard InChI is InChI=1S/C14H19NO3/c16-14(17)11-7-12(18-9-11)8-15-6-2-4-10-3-1-5-13(10)15/h7,9-10,13H,1-6,8H2,(H,16,17). The maximum absolute atomic E-state index is 10.8. The largest absolute Gasteiger partial charge is 0.478 e. The molecule has 2 heterocycles. The van der Waals surface area contributed by atoms with Crippen molar-refractivity contribution in [2.24, 2.45) is 5.92 Å². The highest BCUT2D eigenvalue weighted by molar-refractivity contribution is 5.87. The molecular weight excluding hydrogens is 230 g/mol. The van der Waals surface area contributed by atoms with Crippen molar-refractivity contribution in [1.29, 1.82) is 0 Å². The van der Waals surface area contributed by atoms with Gasteiger partial charge in [0, 0.05) is 6.04 Å². The first-order valence-corrected chi connectivity index (χ1v) is 6.79. The summed E-state index contributed by atoms with van der Waals surface area (Å²) in [7, 11) is 0. The molecule has 2 aliphatic rings. The van der Waals surface area contributed by atoms with E-state index in [-0.39, 0.29) is 5.56 Å². The molecule has 1 aliphatic carbocycles. The van der Waals surface area contributed by atoms with E-state index in [0.29, 0.717) is 6.04 Å². The smallest absolute Gasteiger partial charge is 0.338 e. The minimum atomic E-state index is -0.914. The molecule has 1 saturated carbocycles. The van der Waals surface area contributed by atoms with Gasteiger partial charge in [-0.15, -0.1) is 0 Å². The molecule has 18 heavy (non-hydrogen) atoms. The summed E-state index contributed by atoms with van der Waals surface area (Å²) < 4.78 is 5.35. The fourth-order valence-corrected chi connectivity index (χ4v) is 3.53. The highest BCUT2D eigenvalue weighted by Gasteiger charge is 2.35. The van der Waals surface area contributed by atoms with E-state index in [1.165, 1.54) is 38.4 Å². The van der Waals surface area contributed by atoms with Crippen LogP contribution in [0.25, 0.3) is 0 Å². The number of piperidine rings is 1. The first-order chi connectivity index (χ1) is 8.74. The van der Waals surface area contributed by atoms with E-state index in [4.69, 9.17) is 9.52 Å². The molecule has 1 aliphatic heterocycles. The zero-order chi connectivity index (χ0) is 12.5. The quantitative estimate of drug-likeness (QED) is 0.895. The summed E-state index contributed by atoms with van der Waals surface area (Å²) in [5.74, 6) is 0.718. The van der Waals surface area contributed by atoms with Gasteiger partial charge < -0.3 is 9.52 Å². The molecule has 0 amide bonds. The molecule has 2 fully saturated rings. The average molecular weight is 249 g/mol. The van der Waals surface area contributed by atoms with Gasteiger partial charge in [-0.25, -0.2) is 4.79 Å². The summed E-state index contributed by atoms with van der Waals surface area (Å²) in [6.07, 6.45) is 7.95. The van der Waals surface area contributed by atoms with Gasteiger partial charge in [0.15, 0.2) is 0 Å². The SMILES string of the molecule is O=C(O)c1coc(CN2CCCC3CCCC32)c1. The Morgan fingerprint density at radius 3 is 3.00 bits per heavy atom. The zero-order valence-electron chi connectivity index (χ0n) is 10.5. The number of carbonyl (C=O) groups is 1. The Morgan fingerprint density at radius 2 is 2.22 bits per heavy atom. The van der Waals surface area contributed by atoms with E-state index in [1.54, 1.807) is 6.07 Å². The highest BCUT2D eigenvalue weighted by Crippen LogP contribution is 2.37.